The molecule has 1 aromatic carbocycles. The summed E-state index contributed by atoms with van der Waals surface area (Å²) in [5, 5.41) is -0.159. The Morgan fingerprint density at radius 2 is 1.90 bits per heavy atom. The maximum Gasteiger partial charge on any atom is 0.431 e. The van der Waals surface area contributed by atoms with E-state index in [0.717, 1.165) is 13.5 Å². The highest BCUT2D eigenvalue weighted by atomic mass is 35.5. The monoisotopic (exact) mass is 464 g/mol. The predicted molar refractivity (Wildman–Crippen MR) is 107 cm³/mol. The number of halogens is 5. The van der Waals surface area contributed by atoms with Gasteiger partial charge in [-0.05, 0) is 36.3 Å². The van der Waals surface area contributed by atoms with Crippen molar-refractivity contribution >= 4 is 35.2 Å². The Morgan fingerprint density at radius 1 is 1.23 bits per heavy atom. The van der Waals surface area contributed by atoms with Gasteiger partial charge in [-0.15, -0.1) is 0 Å². The van der Waals surface area contributed by atoms with Crippen LogP contribution in [0.5, 0.6) is 0 Å². The van der Waals surface area contributed by atoms with Crippen molar-refractivity contribution in [1.29, 1.82) is 0 Å². The molecular weight excluding hydrogens is 448 g/mol. The first-order valence-corrected chi connectivity index (χ1v) is 9.47. The van der Waals surface area contributed by atoms with Gasteiger partial charge in [-0.1, -0.05) is 36.5 Å². The van der Waals surface area contributed by atoms with Gasteiger partial charge < -0.3 is 4.74 Å². The third-order valence-electron chi connectivity index (χ3n) is 4.06. The van der Waals surface area contributed by atoms with Gasteiger partial charge in [0.05, 0.1) is 12.3 Å². The van der Waals surface area contributed by atoms with Gasteiger partial charge in [0.25, 0.3) is 5.56 Å². The molecule has 11 heteroatoms. The van der Waals surface area contributed by atoms with Crippen molar-refractivity contribution in [3.63, 3.8) is 0 Å². The summed E-state index contributed by atoms with van der Waals surface area (Å²) in [6.07, 6.45) is -2.21. The lowest BCUT2D eigenvalue weighted by atomic mass is 10.1. The number of esters is 1. The molecule has 2 rings (SSSR count). The van der Waals surface area contributed by atoms with E-state index in [2.05, 4.69) is 0 Å². The van der Waals surface area contributed by atoms with Crippen LogP contribution in [0.3, 0.4) is 0 Å². The number of carbonyl (C=O) groups excluding carboxylic acids is 1. The van der Waals surface area contributed by atoms with E-state index in [1.165, 1.54) is 24.3 Å². The van der Waals surface area contributed by atoms with Crippen LogP contribution in [0.25, 0.3) is 11.8 Å². The number of hydrogen-bond acceptors (Lipinski definition) is 4. The minimum atomic E-state index is -4.87. The number of rotatable bonds is 6. The summed E-state index contributed by atoms with van der Waals surface area (Å²) in [7, 11) is 0.904. The van der Waals surface area contributed by atoms with Crippen LogP contribution in [0.15, 0.2) is 38.9 Å². The zero-order chi connectivity index (χ0) is 22.6. The van der Waals surface area contributed by atoms with E-state index in [-0.39, 0.29) is 27.9 Å². The maximum atomic E-state index is 13.0. The molecule has 1 aromatic heterocycles. The maximum absolute atomic E-state index is 13.0. The van der Waals surface area contributed by atoms with E-state index in [0.29, 0.717) is 21.6 Å². The van der Waals surface area contributed by atoms with Gasteiger partial charge in [-0.25, -0.2) is 14.2 Å². The number of hydrogen-bond donors (Lipinski definition) is 0. The zero-order valence-corrected chi connectivity index (χ0v) is 17.4. The van der Waals surface area contributed by atoms with E-state index in [1.807, 2.05) is 6.92 Å². The van der Waals surface area contributed by atoms with E-state index < -0.39 is 29.1 Å². The Morgan fingerprint density at radius 3 is 2.50 bits per heavy atom. The van der Waals surface area contributed by atoms with Gasteiger partial charge in [-0.2, -0.15) is 13.2 Å². The molecule has 0 radical (unpaired) electrons. The molecule has 0 saturated carbocycles. The Bertz CT molecular complexity index is 1100. The summed E-state index contributed by atoms with van der Waals surface area (Å²) >= 11 is 12.0. The van der Waals surface area contributed by atoms with Crippen LogP contribution in [0, 0.1) is 0 Å². The standard InChI is InChI=1S/C19H17Cl2F3N2O4/c1-3-4-7-30-17(28)14(21)9-11-8-12(5-6-13(11)20)26-16(27)10-15(19(22,23)24)25(2)18(26)29/h5-6,8-10H,3-4,7H2,1-2H3. The molecule has 0 aliphatic carbocycles. The summed E-state index contributed by atoms with van der Waals surface area (Å²) in [4.78, 5) is 36.5. The molecule has 0 amide bonds. The van der Waals surface area contributed by atoms with Crippen LogP contribution in [0.4, 0.5) is 13.2 Å². The summed E-state index contributed by atoms with van der Waals surface area (Å²) in [5.41, 5.74) is -3.63. The fraction of sp³-hybridized carbons (Fsp3) is 0.316. The van der Waals surface area contributed by atoms with Gasteiger partial charge in [0, 0.05) is 18.1 Å². The Balaban J connectivity index is 2.51. The molecule has 0 atom stereocenters. The minimum Gasteiger partial charge on any atom is -0.461 e. The number of aromatic nitrogens is 2. The van der Waals surface area contributed by atoms with Crippen LogP contribution in [-0.4, -0.2) is 21.7 Å². The van der Waals surface area contributed by atoms with Crippen LogP contribution in [-0.2, 0) is 22.8 Å². The van der Waals surface area contributed by atoms with Crippen molar-refractivity contribution in [3.05, 3.63) is 66.4 Å². The number of carbonyl (C=O) groups is 1. The lowest BCUT2D eigenvalue weighted by molar-refractivity contribution is -0.144. The zero-order valence-electron chi connectivity index (χ0n) is 15.9. The fourth-order valence-electron chi connectivity index (χ4n) is 2.49. The summed E-state index contributed by atoms with van der Waals surface area (Å²) < 4.78 is 44.8. The predicted octanol–water partition coefficient (Wildman–Crippen LogP) is 4.13. The van der Waals surface area contributed by atoms with Crippen LogP contribution < -0.4 is 11.2 Å². The number of alkyl halides is 3. The SMILES string of the molecule is CCCCOC(=O)C(Cl)=Cc1cc(-n2c(=O)cc(C(F)(F)F)n(C)c2=O)ccc1Cl. The second-order valence-corrected chi connectivity index (χ2v) is 7.04. The lowest BCUT2D eigenvalue weighted by Gasteiger charge is -2.14. The molecular formula is C19H17Cl2F3N2O4. The quantitative estimate of drug-likeness (QED) is 0.366. The second kappa shape index (κ2) is 9.53. The highest BCUT2D eigenvalue weighted by Crippen LogP contribution is 2.27. The molecule has 0 N–H and O–H groups in total. The fourth-order valence-corrected chi connectivity index (χ4v) is 2.83. The molecule has 30 heavy (non-hydrogen) atoms. The molecule has 6 nitrogen and oxygen atoms in total. The first-order chi connectivity index (χ1) is 14.0. The third-order valence-corrected chi connectivity index (χ3v) is 4.66. The van der Waals surface area contributed by atoms with Crippen LogP contribution in [0.1, 0.15) is 31.0 Å². The number of unbranched alkanes of at least 4 members (excludes halogenated alkanes) is 1. The van der Waals surface area contributed by atoms with E-state index in [9.17, 15) is 27.6 Å². The smallest absolute Gasteiger partial charge is 0.431 e. The normalized spacial score (nSPS) is 12.2. The number of nitrogens with zero attached hydrogens (tertiary/aromatic N) is 2. The van der Waals surface area contributed by atoms with Crippen molar-refractivity contribution in [2.75, 3.05) is 6.61 Å². The van der Waals surface area contributed by atoms with Crippen LogP contribution in [0.2, 0.25) is 5.02 Å². The lowest BCUT2D eigenvalue weighted by Crippen LogP contribution is -2.40. The van der Waals surface area contributed by atoms with Gasteiger partial charge in [0.1, 0.15) is 10.7 Å². The molecule has 0 spiro atoms. The van der Waals surface area contributed by atoms with Gasteiger partial charge >= 0.3 is 17.8 Å². The average Bonchev–Trinajstić information content (AvgIpc) is 2.66. The molecule has 0 aliphatic rings. The Hall–Kier alpha value is -2.52. The first kappa shape index (κ1) is 23.8. The van der Waals surface area contributed by atoms with E-state index in [4.69, 9.17) is 27.9 Å². The highest BCUT2D eigenvalue weighted by Gasteiger charge is 2.35. The molecule has 1 heterocycles. The van der Waals surface area contributed by atoms with Crippen molar-refractivity contribution in [2.45, 2.75) is 25.9 Å². The largest absolute Gasteiger partial charge is 0.461 e. The molecule has 0 fully saturated rings. The third kappa shape index (κ3) is 5.34. The molecule has 0 saturated heterocycles. The molecule has 2 aromatic rings. The Labute approximate surface area is 179 Å². The van der Waals surface area contributed by atoms with E-state index in [1.54, 1.807) is 0 Å². The average molecular weight is 465 g/mol. The molecule has 0 bridgehead atoms. The summed E-state index contributed by atoms with van der Waals surface area (Å²) in [6, 6.07) is 4.17. The summed E-state index contributed by atoms with van der Waals surface area (Å²) in [5.74, 6) is -0.783. The number of ether oxygens (including phenoxy) is 1. The van der Waals surface area contributed by atoms with Crippen molar-refractivity contribution in [1.82, 2.24) is 9.13 Å². The molecule has 0 unspecified atom stereocenters. The minimum absolute atomic E-state index is 0.0474. The van der Waals surface area contributed by atoms with Crippen LogP contribution >= 0.6 is 23.2 Å². The van der Waals surface area contributed by atoms with Gasteiger partial charge in [0.15, 0.2) is 0 Å². The van der Waals surface area contributed by atoms with E-state index >= 15 is 0 Å². The van der Waals surface area contributed by atoms with Crippen molar-refractivity contribution in [3.8, 4) is 5.69 Å². The number of benzene rings is 1. The van der Waals surface area contributed by atoms with Gasteiger partial charge in [0.2, 0.25) is 0 Å². The topological polar surface area (TPSA) is 70.3 Å². The highest BCUT2D eigenvalue weighted by molar-refractivity contribution is 6.43. The van der Waals surface area contributed by atoms with Crippen molar-refractivity contribution in [2.24, 2.45) is 7.05 Å². The first-order valence-electron chi connectivity index (χ1n) is 8.72. The summed E-state index contributed by atoms with van der Waals surface area (Å²) in [6.45, 7) is 2.11. The molecule has 0 aliphatic heterocycles. The van der Waals surface area contributed by atoms with Crippen molar-refractivity contribution < 1.29 is 22.7 Å². The Kier molecular flexibility index (Phi) is 7.54. The molecule has 162 valence electrons. The van der Waals surface area contributed by atoms with Gasteiger partial charge in [-0.3, -0.25) is 9.36 Å². The second-order valence-electron chi connectivity index (χ2n) is 6.23.